The second-order valence-corrected chi connectivity index (χ2v) is 11.5. The predicted molar refractivity (Wildman–Crippen MR) is 155 cm³/mol. The van der Waals surface area contributed by atoms with Gasteiger partial charge < -0.3 is 30.5 Å². The molecule has 4 N–H and O–H groups in total. The number of benzene rings is 1. The number of hydrogen-bond acceptors (Lipinski definition) is 8. The largest absolute Gasteiger partial charge is 0.493 e. The van der Waals surface area contributed by atoms with E-state index >= 15 is 0 Å². The normalized spacial score (nSPS) is 30.0. The fourth-order valence-corrected chi connectivity index (χ4v) is 6.57. The molecule has 0 aliphatic carbocycles. The zero-order valence-electron chi connectivity index (χ0n) is 23.5. The Morgan fingerprint density at radius 1 is 1.07 bits per heavy atom. The molecule has 41 heavy (non-hydrogen) atoms. The maximum absolute atomic E-state index is 13.6. The van der Waals surface area contributed by atoms with Gasteiger partial charge in [-0.2, -0.15) is 5.10 Å². The molecule has 4 aliphatic heterocycles. The number of nitrogens with zero attached hydrogens (tertiary/aromatic N) is 3. The number of aromatic nitrogens is 2. The van der Waals surface area contributed by atoms with Gasteiger partial charge in [0.15, 0.2) is 0 Å². The summed E-state index contributed by atoms with van der Waals surface area (Å²) >= 11 is 0. The van der Waals surface area contributed by atoms with Crippen molar-refractivity contribution >= 4 is 24.2 Å². The summed E-state index contributed by atoms with van der Waals surface area (Å²) in [5.74, 6) is 0.249. The third-order valence-electron chi connectivity index (χ3n) is 8.78. The van der Waals surface area contributed by atoms with E-state index in [2.05, 4.69) is 25.9 Å². The highest BCUT2D eigenvalue weighted by atomic mass is 35.5. The Morgan fingerprint density at radius 3 is 2.68 bits per heavy atom. The van der Waals surface area contributed by atoms with Crippen LogP contribution >= 0.6 is 12.4 Å². The highest BCUT2D eigenvalue weighted by Crippen LogP contribution is 2.30. The minimum Gasteiger partial charge on any atom is -0.493 e. The number of aliphatic hydroxyl groups excluding tert-OH is 1. The molecule has 0 spiro atoms. The zero-order valence-corrected chi connectivity index (χ0v) is 24.3. The fourth-order valence-electron chi connectivity index (χ4n) is 6.57. The lowest BCUT2D eigenvalue weighted by atomic mass is 9.99. The number of aliphatic hydroxyl groups is 1. The van der Waals surface area contributed by atoms with Crippen molar-refractivity contribution in [2.24, 2.45) is 7.05 Å². The van der Waals surface area contributed by atoms with Gasteiger partial charge >= 0.3 is 0 Å². The fraction of sp³-hybridized carbons (Fsp3) is 0.621. The zero-order chi connectivity index (χ0) is 27.6. The van der Waals surface area contributed by atoms with E-state index in [9.17, 15) is 14.7 Å². The first-order valence-electron chi connectivity index (χ1n) is 14.6. The van der Waals surface area contributed by atoms with Crippen LogP contribution < -0.4 is 20.7 Å². The van der Waals surface area contributed by atoms with Gasteiger partial charge in [0.05, 0.1) is 36.6 Å². The Morgan fingerprint density at radius 2 is 1.90 bits per heavy atom. The summed E-state index contributed by atoms with van der Waals surface area (Å²) in [5, 5.41) is 24.6. The van der Waals surface area contributed by atoms with Crippen molar-refractivity contribution in [2.75, 3.05) is 32.8 Å². The van der Waals surface area contributed by atoms with Gasteiger partial charge in [0, 0.05) is 50.4 Å². The lowest BCUT2D eigenvalue weighted by molar-refractivity contribution is -0.134. The molecule has 5 heterocycles. The molecule has 6 rings (SSSR count). The number of halogens is 1. The smallest absolute Gasteiger partial charge is 0.255 e. The van der Waals surface area contributed by atoms with Gasteiger partial charge in [-0.1, -0.05) is 6.07 Å². The third-order valence-corrected chi connectivity index (χ3v) is 8.78. The minimum absolute atomic E-state index is 0. The average Bonchev–Trinajstić information content (AvgIpc) is 3.59. The number of carbonyl (C=O) groups excluding carboxylic acids is 2. The van der Waals surface area contributed by atoms with Crippen molar-refractivity contribution in [1.29, 1.82) is 0 Å². The first kappa shape index (κ1) is 29.8. The molecule has 0 saturated carbocycles. The molecule has 224 valence electrons. The molecule has 4 bridgehead atoms. The number of aryl methyl sites for hydroxylation is 1. The van der Waals surface area contributed by atoms with Gasteiger partial charge in [-0.3, -0.25) is 19.2 Å². The number of ether oxygens (including phenoxy) is 2. The van der Waals surface area contributed by atoms with Crippen LogP contribution in [0.1, 0.15) is 48.9 Å². The van der Waals surface area contributed by atoms with Crippen LogP contribution in [-0.4, -0.2) is 101 Å². The van der Waals surface area contributed by atoms with Gasteiger partial charge in [0.2, 0.25) is 5.91 Å². The van der Waals surface area contributed by atoms with E-state index < -0.39 is 12.2 Å². The molecule has 1 aromatic heterocycles. The predicted octanol–water partition coefficient (Wildman–Crippen LogP) is 1.24. The number of likely N-dealkylation sites (tertiary alicyclic amines) is 1. The summed E-state index contributed by atoms with van der Waals surface area (Å²) in [6.45, 7) is 3.08. The van der Waals surface area contributed by atoms with Crippen molar-refractivity contribution in [2.45, 2.75) is 75.0 Å². The van der Waals surface area contributed by atoms with Crippen molar-refractivity contribution in [3.8, 4) is 16.9 Å². The van der Waals surface area contributed by atoms with Crippen LogP contribution in [0.15, 0.2) is 30.6 Å². The van der Waals surface area contributed by atoms with E-state index in [1.807, 2.05) is 31.4 Å². The van der Waals surface area contributed by atoms with Gasteiger partial charge in [0.1, 0.15) is 11.9 Å². The number of carbonyl (C=O) groups is 2. The third kappa shape index (κ3) is 6.70. The molecule has 3 saturated heterocycles. The van der Waals surface area contributed by atoms with E-state index in [1.54, 1.807) is 10.9 Å². The Bertz CT molecular complexity index is 1220. The second-order valence-electron chi connectivity index (χ2n) is 11.5. The van der Waals surface area contributed by atoms with E-state index in [4.69, 9.17) is 9.47 Å². The van der Waals surface area contributed by atoms with Gasteiger partial charge in [-0.15, -0.1) is 12.4 Å². The molecular formula is C29H41ClN6O5. The van der Waals surface area contributed by atoms with Gasteiger partial charge in [-0.05, 0) is 62.9 Å². The van der Waals surface area contributed by atoms with Crippen molar-refractivity contribution < 1.29 is 24.2 Å². The average molecular weight is 589 g/mol. The molecule has 12 heteroatoms. The highest BCUT2D eigenvalue weighted by molar-refractivity contribution is 5.98. The Hall–Kier alpha value is -2.70. The molecule has 11 nitrogen and oxygen atoms in total. The molecule has 3 fully saturated rings. The van der Waals surface area contributed by atoms with Crippen LogP contribution in [0.2, 0.25) is 0 Å². The van der Waals surface area contributed by atoms with Crippen molar-refractivity contribution in [3.63, 3.8) is 0 Å². The summed E-state index contributed by atoms with van der Waals surface area (Å²) in [6, 6.07) is 5.39. The SMILES string of the molecule is Cl.Cn1cc(-c2ccc3c(c2)OCC[C@@H]2CC[C@H](O)[C@@H](CNC(=O)[C@@H]4C[C@@H](CN4C4CCNCC4)NC3=O)O2)cn1. The monoisotopic (exact) mass is 588 g/mol. The maximum atomic E-state index is 13.6. The number of piperidine rings is 1. The quantitative estimate of drug-likeness (QED) is 0.412. The van der Waals surface area contributed by atoms with Crippen LogP contribution in [-0.2, 0) is 16.6 Å². The first-order chi connectivity index (χ1) is 19.4. The summed E-state index contributed by atoms with van der Waals surface area (Å²) in [4.78, 5) is 29.4. The first-order valence-corrected chi connectivity index (χ1v) is 14.6. The molecule has 0 radical (unpaired) electrons. The molecule has 0 unspecified atom stereocenters. The van der Waals surface area contributed by atoms with Crippen LogP contribution in [0.25, 0.3) is 11.1 Å². The van der Waals surface area contributed by atoms with Crippen LogP contribution in [0, 0.1) is 0 Å². The Labute approximate surface area is 246 Å². The summed E-state index contributed by atoms with van der Waals surface area (Å²) in [6.07, 6.45) is 6.95. The summed E-state index contributed by atoms with van der Waals surface area (Å²) < 4.78 is 14.2. The van der Waals surface area contributed by atoms with Crippen molar-refractivity contribution in [1.82, 2.24) is 30.6 Å². The Balaban J connectivity index is 0.00000337. The topological polar surface area (TPSA) is 130 Å². The summed E-state index contributed by atoms with van der Waals surface area (Å²) in [5.41, 5.74) is 2.33. The lowest BCUT2D eigenvalue weighted by Crippen LogP contribution is -2.53. The molecule has 1 aromatic carbocycles. The Kier molecular flexibility index (Phi) is 9.50. The standard InChI is InChI=1S/C29H40N6O5.ClH/c1-34-16-19(14-32-34)18-2-4-23-26(12-18)39-11-8-22-3-5-25(36)27(40-22)15-31-29(38)24-13-20(33-28(23)37)17-35(24)21-6-9-30-10-7-21;/h2,4,12,14,16,20-22,24-25,27,30,36H,3,5-11,13,15,17H2,1H3,(H,31,38)(H,33,37);1H/t20-,22-,24-,25-,27+;/m0./s1. The molecular weight excluding hydrogens is 548 g/mol. The van der Waals surface area contributed by atoms with E-state index in [1.165, 1.54) is 0 Å². The number of amides is 2. The second kappa shape index (κ2) is 13.1. The number of rotatable bonds is 2. The number of fused-ring (bicyclic) bond motifs is 5. The van der Waals surface area contributed by atoms with Crippen molar-refractivity contribution in [3.05, 3.63) is 36.2 Å². The molecule has 4 aliphatic rings. The summed E-state index contributed by atoms with van der Waals surface area (Å²) in [7, 11) is 1.87. The van der Waals surface area contributed by atoms with Gasteiger partial charge in [-0.25, -0.2) is 0 Å². The molecule has 2 aromatic rings. The van der Waals surface area contributed by atoms with Crippen LogP contribution in [0.3, 0.4) is 0 Å². The highest BCUT2D eigenvalue weighted by Gasteiger charge is 2.42. The molecule has 2 amide bonds. The number of hydrogen-bond donors (Lipinski definition) is 4. The van der Waals surface area contributed by atoms with E-state index in [0.29, 0.717) is 50.1 Å². The maximum Gasteiger partial charge on any atom is 0.255 e. The number of nitrogens with one attached hydrogen (secondary N) is 3. The van der Waals surface area contributed by atoms with E-state index in [-0.39, 0.29) is 55.0 Å². The van der Waals surface area contributed by atoms with Crippen LogP contribution in [0.4, 0.5) is 0 Å². The molecule has 5 atom stereocenters. The van der Waals surface area contributed by atoms with Crippen LogP contribution in [0.5, 0.6) is 5.75 Å². The van der Waals surface area contributed by atoms with Gasteiger partial charge in [0.25, 0.3) is 5.91 Å². The minimum atomic E-state index is -0.616. The lowest BCUT2D eigenvalue weighted by Gasteiger charge is -2.36. The van der Waals surface area contributed by atoms with E-state index in [0.717, 1.165) is 37.1 Å².